The average Bonchev–Trinajstić information content (AvgIpc) is 2.63. The van der Waals surface area contributed by atoms with Crippen LogP contribution in [-0.4, -0.2) is 14.5 Å². The molecule has 1 aromatic carbocycles. The third-order valence-electron chi connectivity index (χ3n) is 3.08. The number of imidazole rings is 1. The number of aromatic nitrogens is 3. The number of hydrogen-bond acceptors (Lipinski definition) is 3. The standard InChI is InChI=1S/C12H11BrN4/c1-6-8(13)9-7(4-3-5-15-9)10-11(6)17(2)12(14)16-10/h3-5H,1-2H3,(H2,14,16). The SMILES string of the molecule is Cc1c(Br)c2ncccc2c2nc(N)n(C)c12. The van der Waals surface area contributed by atoms with Crippen LogP contribution in [0.4, 0.5) is 5.95 Å². The molecule has 0 radical (unpaired) electrons. The van der Waals surface area contributed by atoms with Gasteiger partial charge in [-0.2, -0.15) is 0 Å². The Bertz CT molecular complexity index is 745. The number of nitrogens with zero attached hydrogens (tertiary/aromatic N) is 3. The van der Waals surface area contributed by atoms with E-state index in [1.54, 1.807) is 6.20 Å². The molecule has 17 heavy (non-hydrogen) atoms. The Morgan fingerprint density at radius 3 is 2.88 bits per heavy atom. The van der Waals surface area contributed by atoms with Gasteiger partial charge in [-0.05, 0) is 40.5 Å². The Morgan fingerprint density at radius 1 is 1.35 bits per heavy atom. The summed E-state index contributed by atoms with van der Waals surface area (Å²) in [5, 5.41) is 1.02. The van der Waals surface area contributed by atoms with Crippen molar-refractivity contribution in [1.82, 2.24) is 14.5 Å². The molecule has 3 aromatic rings. The lowest BCUT2D eigenvalue weighted by molar-refractivity contribution is 0.960. The number of anilines is 1. The summed E-state index contributed by atoms with van der Waals surface area (Å²) in [5.41, 5.74) is 9.88. The molecule has 0 amide bonds. The summed E-state index contributed by atoms with van der Waals surface area (Å²) < 4.78 is 2.91. The van der Waals surface area contributed by atoms with Gasteiger partial charge in [-0.3, -0.25) is 4.98 Å². The molecular formula is C12H11BrN4. The monoisotopic (exact) mass is 290 g/mol. The summed E-state index contributed by atoms with van der Waals surface area (Å²) in [7, 11) is 1.92. The minimum absolute atomic E-state index is 0.520. The third kappa shape index (κ3) is 1.29. The van der Waals surface area contributed by atoms with Gasteiger partial charge in [-0.15, -0.1) is 0 Å². The van der Waals surface area contributed by atoms with E-state index in [0.717, 1.165) is 32.0 Å². The predicted octanol–water partition coefficient (Wildman–Crippen LogP) is 2.77. The van der Waals surface area contributed by atoms with Crippen molar-refractivity contribution >= 4 is 43.8 Å². The highest BCUT2D eigenvalue weighted by Gasteiger charge is 2.15. The van der Waals surface area contributed by atoms with Crippen LogP contribution in [0.5, 0.6) is 0 Å². The maximum Gasteiger partial charge on any atom is 0.200 e. The van der Waals surface area contributed by atoms with Crippen molar-refractivity contribution in [2.24, 2.45) is 7.05 Å². The van der Waals surface area contributed by atoms with Gasteiger partial charge in [0, 0.05) is 23.1 Å². The first kappa shape index (κ1) is 10.5. The van der Waals surface area contributed by atoms with Crippen molar-refractivity contribution in [3.8, 4) is 0 Å². The molecule has 4 nitrogen and oxygen atoms in total. The second kappa shape index (κ2) is 3.43. The molecule has 2 aromatic heterocycles. The minimum atomic E-state index is 0.520. The number of halogens is 1. The first-order chi connectivity index (χ1) is 8.11. The minimum Gasteiger partial charge on any atom is -0.369 e. The maximum absolute atomic E-state index is 5.88. The number of hydrogen-bond donors (Lipinski definition) is 1. The van der Waals surface area contributed by atoms with Crippen molar-refractivity contribution in [2.45, 2.75) is 6.92 Å². The fraction of sp³-hybridized carbons (Fsp3) is 0.167. The predicted molar refractivity (Wildman–Crippen MR) is 72.9 cm³/mol. The Balaban J connectivity index is 2.70. The van der Waals surface area contributed by atoms with Crippen molar-refractivity contribution in [1.29, 1.82) is 0 Å². The summed E-state index contributed by atoms with van der Waals surface area (Å²) >= 11 is 3.60. The van der Waals surface area contributed by atoms with E-state index in [2.05, 4.69) is 25.9 Å². The molecule has 0 bridgehead atoms. The molecule has 0 atom stereocenters. The van der Waals surface area contributed by atoms with Crippen LogP contribution in [0.25, 0.3) is 21.9 Å². The summed E-state index contributed by atoms with van der Waals surface area (Å²) in [6.45, 7) is 2.04. The van der Waals surface area contributed by atoms with Crippen LogP contribution >= 0.6 is 15.9 Å². The van der Waals surface area contributed by atoms with E-state index in [0.29, 0.717) is 5.95 Å². The van der Waals surface area contributed by atoms with Gasteiger partial charge in [0.15, 0.2) is 0 Å². The Morgan fingerprint density at radius 2 is 2.12 bits per heavy atom. The summed E-state index contributed by atoms with van der Waals surface area (Å²) in [6.07, 6.45) is 1.78. The lowest BCUT2D eigenvalue weighted by Gasteiger charge is -2.07. The molecule has 86 valence electrons. The third-order valence-corrected chi connectivity index (χ3v) is 4.06. The van der Waals surface area contributed by atoms with E-state index in [-0.39, 0.29) is 0 Å². The van der Waals surface area contributed by atoms with E-state index in [9.17, 15) is 0 Å². The molecule has 0 unspecified atom stereocenters. The fourth-order valence-electron chi connectivity index (χ4n) is 2.19. The van der Waals surface area contributed by atoms with E-state index in [1.807, 2.05) is 30.7 Å². The first-order valence-corrected chi connectivity index (χ1v) is 6.05. The topological polar surface area (TPSA) is 56.7 Å². The molecule has 0 aliphatic heterocycles. The fourth-order valence-corrected chi connectivity index (χ4v) is 2.69. The van der Waals surface area contributed by atoms with Gasteiger partial charge < -0.3 is 10.3 Å². The number of pyridine rings is 1. The first-order valence-electron chi connectivity index (χ1n) is 5.26. The van der Waals surface area contributed by atoms with Crippen LogP contribution in [0.3, 0.4) is 0 Å². The van der Waals surface area contributed by atoms with Crippen LogP contribution in [0.1, 0.15) is 5.56 Å². The normalized spacial score (nSPS) is 11.5. The number of nitrogens with two attached hydrogens (primary N) is 1. The molecule has 2 N–H and O–H groups in total. The molecule has 0 spiro atoms. The van der Waals surface area contributed by atoms with E-state index in [1.165, 1.54) is 0 Å². The summed E-state index contributed by atoms with van der Waals surface area (Å²) in [4.78, 5) is 8.82. The van der Waals surface area contributed by atoms with Crippen LogP contribution in [-0.2, 0) is 7.05 Å². The Hall–Kier alpha value is -1.62. The zero-order chi connectivity index (χ0) is 12.2. The molecule has 5 heteroatoms. The smallest absolute Gasteiger partial charge is 0.200 e. The molecular weight excluding hydrogens is 280 g/mol. The van der Waals surface area contributed by atoms with Crippen LogP contribution in [0.2, 0.25) is 0 Å². The molecule has 0 fully saturated rings. The van der Waals surface area contributed by atoms with Gasteiger partial charge in [0.05, 0.1) is 11.0 Å². The van der Waals surface area contributed by atoms with Crippen molar-refractivity contribution < 1.29 is 0 Å². The van der Waals surface area contributed by atoms with Gasteiger partial charge in [-0.25, -0.2) is 4.98 Å². The van der Waals surface area contributed by atoms with Gasteiger partial charge in [0.25, 0.3) is 0 Å². The van der Waals surface area contributed by atoms with E-state index in [4.69, 9.17) is 5.73 Å². The van der Waals surface area contributed by atoms with Crippen molar-refractivity contribution in [2.75, 3.05) is 5.73 Å². The number of rotatable bonds is 0. The van der Waals surface area contributed by atoms with Crippen molar-refractivity contribution in [3.05, 3.63) is 28.4 Å². The largest absolute Gasteiger partial charge is 0.369 e. The zero-order valence-electron chi connectivity index (χ0n) is 9.53. The average molecular weight is 291 g/mol. The van der Waals surface area contributed by atoms with Gasteiger partial charge in [0.1, 0.15) is 5.52 Å². The zero-order valence-corrected chi connectivity index (χ0v) is 11.1. The highest BCUT2D eigenvalue weighted by Crippen LogP contribution is 2.34. The maximum atomic E-state index is 5.88. The summed E-state index contributed by atoms with van der Waals surface area (Å²) in [6, 6.07) is 3.93. The lowest BCUT2D eigenvalue weighted by atomic mass is 10.1. The van der Waals surface area contributed by atoms with Gasteiger partial charge in [-0.1, -0.05) is 0 Å². The Labute approximate surface area is 107 Å². The quantitative estimate of drug-likeness (QED) is 0.693. The highest BCUT2D eigenvalue weighted by atomic mass is 79.9. The van der Waals surface area contributed by atoms with Crippen molar-refractivity contribution in [3.63, 3.8) is 0 Å². The molecule has 2 heterocycles. The highest BCUT2D eigenvalue weighted by molar-refractivity contribution is 9.10. The summed E-state index contributed by atoms with van der Waals surface area (Å²) in [5.74, 6) is 0.520. The van der Waals surface area contributed by atoms with E-state index >= 15 is 0 Å². The lowest BCUT2D eigenvalue weighted by Crippen LogP contribution is -1.97. The number of nitrogen functional groups attached to an aromatic ring is 1. The molecule has 0 saturated heterocycles. The number of fused-ring (bicyclic) bond motifs is 3. The van der Waals surface area contributed by atoms with Gasteiger partial charge in [0.2, 0.25) is 5.95 Å². The van der Waals surface area contributed by atoms with Crippen LogP contribution in [0, 0.1) is 6.92 Å². The Kier molecular flexibility index (Phi) is 2.13. The van der Waals surface area contributed by atoms with Gasteiger partial charge >= 0.3 is 0 Å². The number of aryl methyl sites for hydroxylation is 2. The van der Waals surface area contributed by atoms with E-state index < -0.39 is 0 Å². The van der Waals surface area contributed by atoms with Crippen LogP contribution in [0.15, 0.2) is 22.8 Å². The van der Waals surface area contributed by atoms with Crippen LogP contribution < -0.4 is 5.73 Å². The molecule has 0 aliphatic rings. The molecule has 3 rings (SSSR count). The number of benzene rings is 1. The molecule has 0 aliphatic carbocycles. The second-order valence-corrected chi connectivity index (χ2v) is 4.86. The second-order valence-electron chi connectivity index (χ2n) is 4.06. The molecule has 0 saturated carbocycles.